The van der Waals surface area contributed by atoms with E-state index < -0.39 is 0 Å². The summed E-state index contributed by atoms with van der Waals surface area (Å²) in [7, 11) is 0. The minimum absolute atomic E-state index is 0.252. The molecule has 1 fully saturated rings. The predicted molar refractivity (Wildman–Crippen MR) is 85.7 cm³/mol. The molecule has 106 valence electrons. The Morgan fingerprint density at radius 3 is 2.62 bits per heavy atom. The van der Waals surface area contributed by atoms with Gasteiger partial charge in [-0.25, -0.2) is 0 Å². The second-order valence-electron chi connectivity index (χ2n) is 4.73. The standard InChI is InChI=1S/C16H14N2O2S/c17-7-8-18-15(19)14(21-16(18)20)10-11-5-6-12-3-1-2-4-13(12)9-11/h1-6,9-10H,7-8,17H2/b14-10-. The van der Waals surface area contributed by atoms with Gasteiger partial charge in [-0.1, -0.05) is 36.4 Å². The molecule has 0 saturated carbocycles. The molecule has 3 rings (SSSR count). The van der Waals surface area contributed by atoms with E-state index in [0.29, 0.717) is 4.91 Å². The summed E-state index contributed by atoms with van der Waals surface area (Å²) in [4.78, 5) is 25.5. The minimum atomic E-state index is -0.261. The molecule has 2 amide bonds. The van der Waals surface area contributed by atoms with Crippen molar-refractivity contribution in [1.82, 2.24) is 4.90 Å². The molecule has 1 aliphatic heterocycles. The minimum Gasteiger partial charge on any atom is -0.329 e. The molecule has 0 aromatic heterocycles. The first-order chi connectivity index (χ1) is 10.2. The van der Waals surface area contributed by atoms with Gasteiger partial charge in [0.05, 0.1) is 4.91 Å². The predicted octanol–water partition coefficient (Wildman–Crippen LogP) is 2.83. The molecular formula is C16H14N2O2S. The number of rotatable bonds is 3. The normalized spacial score (nSPS) is 17.2. The summed E-state index contributed by atoms with van der Waals surface area (Å²) >= 11 is 0.965. The Morgan fingerprint density at radius 2 is 1.86 bits per heavy atom. The van der Waals surface area contributed by atoms with Gasteiger partial charge >= 0.3 is 0 Å². The van der Waals surface area contributed by atoms with Crippen LogP contribution in [-0.2, 0) is 4.79 Å². The van der Waals surface area contributed by atoms with Gasteiger partial charge < -0.3 is 5.73 Å². The van der Waals surface area contributed by atoms with Crippen molar-refractivity contribution >= 4 is 39.8 Å². The van der Waals surface area contributed by atoms with Crippen molar-refractivity contribution in [1.29, 1.82) is 0 Å². The molecule has 0 aliphatic carbocycles. The summed E-state index contributed by atoms with van der Waals surface area (Å²) in [5.74, 6) is -0.261. The number of thioether (sulfide) groups is 1. The Labute approximate surface area is 126 Å². The van der Waals surface area contributed by atoms with Crippen molar-refractivity contribution in [3.05, 3.63) is 52.9 Å². The molecule has 1 saturated heterocycles. The number of nitrogens with zero attached hydrogens (tertiary/aromatic N) is 1. The second-order valence-corrected chi connectivity index (χ2v) is 5.72. The third-order valence-electron chi connectivity index (χ3n) is 3.30. The molecule has 0 bridgehead atoms. The van der Waals surface area contributed by atoms with Gasteiger partial charge in [0.15, 0.2) is 0 Å². The molecule has 1 aliphatic rings. The molecule has 0 atom stereocenters. The van der Waals surface area contributed by atoms with E-state index in [1.807, 2.05) is 42.5 Å². The zero-order chi connectivity index (χ0) is 14.8. The van der Waals surface area contributed by atoms with Crippen molar-refractivity contribution < 1.29 is 9.59 Å². The second kappa shape index (κ2) is 5.71. The first-order valence-electron chi connectivity index (χ1n) is 6.63. The van der Waals surface area contributed by atoms with E-state index in [9.17, 15) is 9.59 Å². The SMILES string of the molecule is NCCN1C(=O)S/C(=C\c2ccc3ccccc3c2)C1=O. The van der Waals surface area contributed by atoms with Crippen LogP contribution in [0.4, 0.5) is 4.79 Å². The molecule has 0 spiro atoms. The fourth-order valence-electron chi connectivity index (χ4n) is 2.27. The van der Waals surface area contributed by atoms with Gasteiger partial charge in [-0.05, 0) is 40.2 Å². The van der Waals surface area contributed by atoms with Gasteiger partial charge in [-0.2, -0.15) is 0 Å². The van der Waals surface area contributed by atoms with Gasteiger partial charge in [0, 0.05) is 13.1 Å². The van der Waals surface area contributed by atoms with E-state index in [4.69, 9.17) is 5.73 Å². The molecule has 5 heteroatoms. The van der Waals surface area contributed by atoms with Crippen LogP contribution in [0.5, 0.6) is 0 Å². The third-order valence-corrected chi connectivity index (χ3v) is 4.20. The van der Waals surface area contributed by atoms with Crippen LogP contribution in [0.25, 0.3) is 16.8 Å². The maximum absolute atomic E-state index is 12.1. The average Bonchev–Trinajstić information content (AvgIpc) is 2.75. The molecule has 0 unspecified atom stereocenters. The maximum Gasteiger partial charge on any atom is 0.293 e. The Balaban J connectivity index is 1.93. The van der Waals surface area contributed by atoms with Crippen molar-refractivity contribution in [2.45, 2.75) is 0 Å². The monoisotopic (exact) mass is 298 g/mol. The fraction of sp³-hybridized carbons (Fsp3) is 0.125. The Kier molecular flexibility index (Phi) is 3.77. The van der Waals surface area contributed by atoms with Gasteiger partial charge in [-0.3, -0.25) is 14.5 Å². The van der Waals surface area contributed by atoms with E-state index in [1.165, 1.54) is 4.90 Å². The molecule has 2 aromatic rings. The summed E-state index contributed by atoms with van der Waals surface area (Å²) in [5.41, 5.74) is 6.33. The van der Waals surface area contributed by atoms with Crippen LogP contribution in [0, 0.1) is 0 Å². The van der Waals surface area contributed by atoms with Crippen molar-refractivity contribution in [3.8, 4) is 0 Å². The average molecular weight is 298 g/mol. The van der Waals surface area contributed by atoms with Crippen LogP contribution in [0.1, 0.15) is 5.56 Å². The van der Waals surface area contributed by atoms with Gasteiger partial charge in [0.25, 0.3) is 11.1 Å². The third kappa shape index (κ3) is 2.70. The Morgan fingerprint density at radius 1 is 1.10 bits per heavy atom. The van der Waals surface area contributed by atoms with Crippen LogP contribution in [0.15, 0.2) is 47.4 Å². The lowest BCUT2D eigenvalue weighted by atomic mass is 10.1. The number of carbonyl (C=O) groups is 2. The highest BCUT2D eigenvalue weighted by molar-refractivity contribution is 8.18. The summed E-state index contributed by atoms with van der Waals surface area (Å²) in [6.07, 6.45) is 1.76. The van der Waals surface area contributed by atoms with E-state index >= 15 is 0 Å². The van der Waals surface area contributed by atoms with Crippen molar-refractivity contribution in [2.24, 2.45) is 5.73 Å². The van der Waals surface area contributed by atoms with Gasteiger partial charge in [0.2, 0.25) is 0 Å². The Bertz CT molecular complexity index is 755. The largest absolute Gasteiger partial charge is 0.329 e. The van der Waals surface area contributed by atoms with Crippen LogP contribution in [0.3, 0.4) is 0 Å². The van der Waals surface area contributed by atoms with Crippen LogP contribution >= 0.6 is 11.8 Å². The number of benzene rings is 2. The Hall–Kier alpha value is -2.11. The van der Waals surface area contributed by atoms with E-state index in [2.05, 4.69) is 0 Å². The van der Waals surface area contributed by atoms with E-state index in [-0.39, 0.29) is 24.2 Å². The van der Waals surface area contributed by atoms with Gasteiger partial charge in [-0.15, -0.1) is 0 Å². The molecule has 2 aromatic carbocycles. The molecule has 0 radical (unpaired) electrons. The molecule has 2 N–H and O–H groups in total. The highest BCUT2D eigenvalue weighted by Crippen LogP contribution is 2.32. The molecule has 21 heavy (non-hydrogen) atoms. The van der Waals surface area contributed by atoms with Crippen molar-refractivity contribution in [3.63, 3.8) is 0 Å². The van der Waals surface area contributed by atoms with Crippen LogP contribution in [0.2, 0.25) is 0 Å². The topological polar surface area (TPSA) is 63.4 Å². The zero-order valence-electron chi connectivity index (χ0n) is 11.3. The molecule has 4 nitrogen and oxygen atoms in total. The number of hydrogen-bond donors (Lipinski definition) is 1. The number of imide groups is 1. The first-order valence-corrected chi connectivity index (χ1v) is 7.45. The summed E-state index contributed by atoms with van der Waals surface area (Å²) < 4.78 is 0. The molecule has 1 heterocycles. The first kappa shape index (κ1) is 13.9. The lowest BCUT2D eigenvalue weighted by molar-refractivity contribution is -0.122. The van der Waals surface area contributed by atoms with Crippen LogP contribution < -0.4 is 5.73 Å². The van der Waals surface area contributed by atoms with E-state index in [1.54, 1.807) is 6.08 Å². The quantitative estimate of drug-likeness (QED) is 0.885. The molecular weight excluding hydrogens is 284 g/mol. The highest BCUT2D eigenvalue weighted by atomic mass is 32.2. The summed E-state index contributed by atoms with van der Waals surface area (Å²) in [6.45, 7) is 0.543. The lowest BCUT2D eigenvalue weighted by Gasteiger charge is -2.09. The smallest absolute Gasteiger partial charge is 0.293 e. The number of amides is 2. The number of nitrogens with two attached hydrogens (primary N) is 1. The zero-order valence-corrected chi connectivity index (χ0v) is 12.1. The van der Waals surface area contributed by atoms with Crippen LogP contribution in [-0.4, -0.2) is 29.1 Å². The van der Waals surface area contributed by atoms with Crippen molar-refractivity contribution in [2.75, 3.05) is 13.1 Å². The highest BCUT2D eigenvalue weighted by Gasteiger charge is 2.34. The van der Waals surface area contributed by atoms with Gasteiger partial charge in [0.1, 0.15) is 0 Å². The summed E-state index contributed by atoms with van der Waals surface area (Å²) in [5, 5.41) is 2.00. The number of fused-ring (bicyclic) bond motifs is 1. The number of hydrogen-bond acceptors (Lipinski definition) is 4. The fourth-order valence-corrected chi connectivity index (χ4v) is 3.14. The number of carbonyl (C=O) groups excluding carboxylic acids is 2. The van der Waals surface area contributed by atoms with E-state index in [0.717, 1.165) is 28.1 Å². The summed E-state index contributed by atoms with van der Waals surface area (Å²) in [6, 6.07) is 14.0. The lowest BCUT2D eigenvalue weighted by Crippen LogP contribution is -2.33. The maximum atomic E-state index is 12.1.